The third-order valence-corrected chi connectivity index (χ3v) is 5.84. The molecule has 162 valence electrons. The van der Waals surface area contributed by atoms with Crippen LogP contribution >= 0.6 is 0 Å². The first-order valence-electron chi connectivity index (χ1n) is 9.21. The number of aromatic nitrogens is 2. The third kappa shape index (κ3) is 5.13. The van der Waals surface area contributed by atoms with Gasteiger partial charge in [0.25, 0.3) is 11.6 Å². The molecular weight excluding hydrogens is 414 g/mol. The molecule has 1 aliphatic rings. The summed E-state index contributed by atoms with van der Waals surface area (Å²) in [6.45, 7) is 4.94. The number of carbonyl (C=O) groups excluding carboxylic acids is 1. The standard InChI is InChI=1S/C18H23N5O6S/c1-18(2,3)21-30(27,28)15-9-12(23(25)26)7-8-14(15)29-16-10-13(20-22(16)4)17(24)19-11-5-6-11/h7-11,21H,5-6H2,1-4H3,(H,19,24). The maximum atomic E-state index is 12.9. The molecule has 0 spiro atoms. The van der Waals surface area contributed by atoms with Gasteiger partial charge in [-0.2, -0.15) is 5.10 Å². The van der Waals surface area contributed by atoms with Crippen molar-refractivity contribution in [2.45, 2.75) is 50.1 Å². The van der Waals surface area contributed by atoms with Gasteiger partial charge in [0, 0.05) is 36.8 Å². The number of aryl methyl sites for hydroxylation is 1. The van der Waals surface area contributed by atoms with Crippen molar-refractivity contribution in [3.8, 4) is 11.6 Å². The number of non-ortho nitro benzene ring substituents is 1. The molecule has 0 aliphatic heterocycles. The molecule has 0 bridgehead atoms. The van der Waals surface area contributed by atoms with Gasteiger partial charge in [0.2, 0.25) is 15.9 Å². The predicted molar refractivity (Wildman–Crippen MR) is 107 cm³/mol. The summed E-state index contributed by atoms with van der Waals surface area (Å²) < 4.78 is 35.2. The van der Waals surface area contributed by atoms with E-state index in [4.69, 9.17) is 4.74 Å². The number of nitro groups is 1. The molecule has 0 unspecified atom stereocenters. The van der Waals surface area contributed by atoms with Gasteiger partial charge in [-0.25, -0.2) is 17.8 Å². The maximum Gasteiger partial charge on any atom is 0.272 e. The van der Waals surface area contributed by atoms with E-state index in [-0.39, 0.29) is 29.3 Å². The average molecular weight is 437 g/mol. The smallest absolute Gasteiger partial charge is 0.272 e. The number of benzene rings is 1. The van der Waals surface area contributed by atoms with Crippen molar-refractivity contribution in [2.75, 3.05) is 0 Å². The largest absolute Gasteiger partial charge is 0.438 e. The molecule has 1 aromatic carbocycles. The number of rotatable bonds is 7. The minimum absolute atomic E-state index is 0.108. The fraction of sp³-hybridized carbons (Fsp3) is 0.444. The Labute approximate surface area is 173 Å². The molecule has 11 nitrogen and oxygen atoms in total. The molecule has 1 aliphatic carbocycles. The van der Waals surface area contributed by atoms with Crippen molar-refractivity contribution in [3.63, 3.8) is 0 Å². The third-order valence-electron chi connectivity index (χ3n) is 4.06. The molecule has 1 heterocycles. The molecule has 30 heavy (non-hydrogen) atoms. The van der Waals surface area contributed by atoms with Crippen LogP contribution in [0.1, 0.15) is 44.1 Å². The number of nitrogens with one attached hydrogen (secondary N) is 2. The number of amides is 1. The van der Waals surface area contributed by atoms with Crippen LogP contribution in [0.15, 0.2) is 29.2 Å². The summed E-state index contributed by atoms with van der Waals surface area (Å²) in [6, 6.07) is 4.81. The van der Waals surface area contributed by atoms with E-state index in [1.807, 2.05) is 0 Å². The highest BCUT2D eigenvalue weighted by Gasteiger charge is 2.29. The van der Waals surface area contributed by atoms with Crippen molar-refractivity contribution < 1.29 is 22.9 Å². The topological polar surface area (TPSA) is 145 Å². The minimum Gasteiger partial charge on any atom is -0.438 e. The molecule has 1 saturated carbocycles. The molecule has 3 rings (SSSR count). The van der Waals surface area contributed by atoms with Crippen LogP contribution in [0.25, 0.3) is 0 Å². The average Bonchev–Trinajstić information content (AvgIpc) is 3.34. The number of hydrogen-bond acceptors (Lipinski definition) is 7. The van der Waals surface area contributed by atoms with Gasteiger partial charge in [0.1, 0.15) is 10.6 Å². The molecule has 1 aromatic heterocycles. The van der Waals surface area contributed by atoms with Crippen LogP contribution in [0.5, 0.6) is 11.6 Å². The second-order valence-corrected chi connectivity index (χ2v) is 9.74. The lowest BCUT2D eigenvalue weighted by Crippen LogP contribution is -2.40. The summed E-state index contributed by atoms with van der Waals surface area (Å²) in [5, 5.41) is 18.0. The molecule has 0 atom stereocenters. The van der Waals surface area contributed by atoms with Gasteiger partial charge >= 0.3 is 0 Å². The molecular formula is C18H23N5O6S. The van der Waals surface area contributed by atoms with Gasteiger partial charge in [-0.3, -0.25) is 14.9 Å². The summed E-state index contributed by atoms with van der Waals surface area (Å²) in [4.78, 5) is 22.3. The fourth-order valence-corrected chi connectivity index (χ4v) is 4.19. The predicted octanol–water partition coefficient (Wildman–Crippen LogP) is 2.09. The van der Waals surface area contributed by atoms with Gasteiger partial charge in [-0.1, -0.05) is 0 Å². The lowest BCUT2D eigenvalue weighted by molar-refractivity contribution is -0.385. The molecule has 2 N–H and O–H groups in total. The molecule has 0 radical (unpaired) electrons. The Bertz CT molecular complexity index is 1100. The van der Waals surface area contributed by atoms with E-state index in [0.29, 0.717) is 0 Å². The van der Waals surface area contributed by atoms with Crippen LogP contribution in [0, 0.1) is 10.1 Å². The van der Waals surface area contributed by atoms with Gasteiger partial charge in [-0.05, 0) is 39.7 Å². The van der Waals surface area contributed by atoms with Crippen molar-refractivity contribution in [1.82, 2.24) is 19.8 Å². The summed E-state index contributed by atoms with van der Waals surface area (Å²) in [5.41, 5.74) is -1.09. The highest BCUT2D eigenvalue weighted by molar-refractivity contribution is 7.89. The Kier molecular flexibility index (Phi) is 5.56. The molecule has 0 saturated heterocycles. The second kappa shape index (κ2) is 7.69. The normalized spacial score (nSPS) is 14.4. The number of carbonyl (C=O) groups is 1. The summed E-state index contributed by atoms with van der Waals surface area (Å²) in [7, 11) is -2.61. The Balaban J connectivity index is 1.97. The number of ether oxygens (including phenoxy) is 1. The monoisotopic (exact) mass is 437 g/mol. The molecule has 1 amide bonds. The number of nitrogens with zero attached hydrogens (tertiary/aromatic N) is 3. The van der Waals surface area contributed by atoms with E-state index in [1.165, 1.54) is 23.9 Å². The summed E-state index contributed by atoms with van der Waals surface area (Å²) >= 11 is 0. The van der Waals surface area contributed by atoms with Gasteiger partial charge < -0.3 is 10.1 Å². The number of hydrogen-bond donors (Lipinski definition) is 2. The number of nitro benzene ring substituents is 1. The first-order chi connectivity index (χ1) is 13.9. The first kappa shape index (κ1) is 21.7. The van der Waals surface area contributed by atoms with Crippen molar-refractivity contribution in [2.24, 2.45) is 7.05 Å². The van der Waals surface area contributed by atoms with Crippen LogP contribution in [0.3, 0.4) is 0 Å². The summed E-state index contributed by atoms with van der Waals surface area (Å²) in [6.07, 6.45) is 1.85. The highest BCUT2D eigenvalue weighted by atomic mass is 32.2. The minimum atomic E-state index is -4.14. The zero-order chi connectivity index (χ0) is 22.3. The van der Waals surface area contributed by atoms with Crippen molar-refractivity contribution in [1.29, 1.82) is 0 Å². The molecule has 2 aromatic rings. The SMILES string of the molecule is Cn1nc(C(=O)NC2CC2)cc1Oc1ccc([N+](=O)[O-])cc1S(=O)(=O)NC(C)(C)C. The van der Waals surface area contributed by atoms with E-state index in [0.717, 1.165) is 25.0 Å². The fourth-order valence-electron chi connectivity index (χ4n) is 2.62. The Morgan fingerprint density at radius 2 is 1.97 bits per heavy atom. The summed E-state index contributed by atoms with van der Waals surface area (Å²) in [5.74, 6) is -0.375. The zero-order valence-electron chi connectivity index (χ0n) is 17.0. The van der Waals surface area contributed by atoms with Crippen LogP contribution in [0.2, 0.25) is 0 Å². The highest BCUT2D eigenvalue weighted by Crippen LogP contribution is 2.33. The number of sulfonamides is 1. The Morgan fingerprint density at radius 1 is 1.30 bits per heavy atom. The quantitative estimate of drug-likeness (QED) is 0.498. The van der Waals surface area contributed by atoms with Crippen LogP contribution in [0.4, 0.5) is 5.69 Å². The maximum absolute atomic E-state index is 12.9. The molecule has 12 heteroatoms. The lowest BCUT2D eigenvalue weighted by Gasteiger charge is -2.21. The van der Waals surface area contributed by atoms with E-state index in [1.54, 1.807) is 20.8 Å². The van der Waals surface area contributed by atoms with E-state index >= 15 is 0 Å². The van der Waals surface area contributed by atoms with E-state index in [2.05, 4.69) is 15.1 Å². The van der Waals surface area contributed by atoms with E-state index < -0.39 is 31.1 Å². The first-order valence-corrected chi connectivity index (χ1v) is 10.7. The van der Waals surface area contributed by atoms with Crippen molar-refractivity contribution in [3.05, 3.63) is 40.1 Å². The lowest BCUT2D eigenvalue weighted by atomic mass is 10.1. The van der Waals surface area contributed by atoms with Gasteiger partial charge in [0.15, 0.2) is 5.69 Å². The zero-order valence-corrected chi connectivity index (χ0v) is 17.8. The Hall–Kier alpha value is -2.99. The van der Waals surface area contributed by atoms with Crippen LogP contribution in [-0.2, 0) is 17.1 Å². The van der Waals surface area contributed by atoms with Gasteiger partial charge in [0.05, 0.1) is 4.92 Å². The Morgan fingerprint density at radius 3 is 2.53 bits per heavy atom. The van der Waals surface area contributed by atoms with Crippen LogP contribution in [-0.4, -0.2) is 40.6 Å². The van der Waals surface area contributed by atoms with E-state index in [9.17, 15) is 23.3 Å². The van der Waals surface area contributed by atoms with Crippen molar-refractivity contribution >= 4 is 21.6 Å². The molecule has 1 fully saturated rings. The van der Waals surface area contributed by atoms with Gasteiger partial charge in [-0.15, -0.1) is 0 Å². The second-order valence-electron chi connectivity index (χ2n) is 8.08. The van der Waals surface area contributed by atoms with Crippen LogP contribution < -0.4 is 14.8 Å².